The van der Waals surface area contributed by atoms with E-state index in [0.717, 1.165) is 0 Å². The van der Waals surface area contributed by atoms with Gasteiger partial charge in [-0.1, -0.05) is 0 Å². The van der Waals surface area contributed by atoms with Gasteiger partial charge in [-0.05, 0) is 6.54 Å². The van der Waals surface area contributed by atoms with Gasteiger partial charge in [0, 0.05) is 12.6 Å². The molecule has 6 nitrogen and oxygen atoms in total. The van der Waals surface area contributed by atoms with Gasteiger partial charge < -0.3 is 15.3 Å². The molecule has 0 amide bonds. The van der Waals surface area contributed by atoms with Crippen LogP contribution in [0.3, 0.4) is 0 Å². The number of aliphatic carboxylic acids is 1. The van der Waals surface area contributed by atoms with Crippen LogP contribution in [0.1, 0.15) is 5.76 Å². The molecule has 0 aliphatic carbocycles. The summed E-state index contributed by atoms with van der Waals surface area (Å²) in [6.07, 6.45) is -2.95. The van der Waals surface area contributed by atoms with Crippen LogP contribution in [0.15, 0.2) is 15.4 Å². The van der Waals surface area contributed by atoms with Crippen molar-refractivity contribution in [2.45, 2.75) is 12.6 Å². The Kier molecular flexibility index (Phi) is 5.30. The number of H-pyrrole nitrogens is 1. The number of oxazole rings is 1. The molecule has 0 fully saturated rings. The van der Waals surface area contributed by atoms with Crippen LogP contribution in [0.25, 0.3) is 0 Å². The summed E-state index contributed by atoms with van der Waals surface area (Å²) >= 11 is 0. The van der Waals surface area contributed by atoms with Gasteiger partial charge in [0.05, 0.1) is 0 Å². The van der Waals surface area contributed by atoms with Crippen LogP contribution in [0.2, 0.25) is 0 Å². The number of alkyl halides is 3. The minimum atomic E-state index is -5.08. The van der Waals surface area contributed by atoms with Crippen molar-refractivity contribution in [1.82, 2.24) is 4.98 Å². The van der Waals surface area contributed by atoms with Gasteiger partial charge in [-0.25, -0.2) is 9.59 Å². The zero-order valence-corrected chi connectivity index (χ0v) is 7.87. The lowest BCUT2D eigenvalue weighted by atomic mass is 10.4. The number of aromatic nitrogens is 1. The summed E-state index contributed by atoms with van der Waals surface area (Å²) in [7, 11) is 0. The standard InChI is InChI=1S/C5H8N2O2.C2HF3O2/c6-2-1-4-3-7-5(8)9-4;3-2(4,5)1(6)7/h3H,1-2,6H2,(H,7,8);(H,6,7). The van der Waals surface area contributed by atoms with Crippen LogP contribution in [-0.2, 0) is 11.2 Å². The fourth-order valence-corrected chi connectivity index (χ4v) is 0.583. The molecule has 0 saturated carbocycles. The first-order valence-electron chi connectivity index (χ1n) is 3.95. The summed E-state index contributed by atoms with van der Waals surface area (Å²) in [5.41, 5.74) is 5.19. The largest absolute Gasteiger partial charge is 0.490 e. The molecule has 4 N–H and O–H groups in total. The Morgan fingerprint density at radius 2 is 2.06 bits per heavy atom. The third-order valence-electron chi connectivity index (χ3n) is 1.21. The molecular formula is C7H9F3N2O4. The van der Waals surface area contributed by atoms with Gasteiger partial charge in [-0.3, -0.25) is 4.98 Å². The molecule has 92 valence electrons. The third kappa shape index (κ3) is 5.86. The molecule has 0 unspecified atom stereocenters. The molecule has 1 aromatic heterocycles. The van der Waals surface area contributed by atoms with Crippen LogP contribution in [0.4, 0.5) is 13.2 Å². The van der Waals surface area contributed by atoms with Gasteiger partial charge in [0.1, 0.15) is 5.76 Å². The molecule has 0 radical (unpaired) electrons. The second-order valence-electron chi connectivity index (χ2n) is 2.49. The zero-order valence-electron chi connectivity index (χ0n) is 7.87. The first-order chi connectivity index (χ1) is 7.27. The first kappa shape index (κ1) is 14.2. The van der Waals surface area contributed by atoms with Crippen molar-refractivity contribution in [2.24, 2.45) is 5.73 Å². The van der Waals surface area contributed by atoms with Gasteiger partial charge in [-0.15, -0.1) is 0 Å². The highest BCUT2D eigenvalue weighted by molar-refractivity contribution is 5.73. The minimum Gasteiger partial charge on any atom is -0.475 e. The van der Waals surface area contributed by atoms with E-state index in [1.54, 1.807) is 0 Å². The molecule has 0 saturated heterocycles. The molecule has 16 heavy (non-hydrogen) atoms. The lowest BCUT2D eigenvalue weighted by Gasteiger charge is -1.93. The van der Waals surface area contributed by atoms with Crippen LogP contribution in [-0.4, -0.2) is 28.8 Å². The molecule has 0 aliphatic rings. The number of hydrogen-bond acceptors (Lipinski definition) is 4. The molecule has 0 spiro atoms. The quantitative estimate of drug-likeness (QED) is 0.681. The fraction of sp³-hybridized carbons (Fsp3) is 0.429. The van der Waals surface area contributed by atoms with E-state index < -0.39 is 17.9 Å². The summed E-state index contributed by atoms with van der Waals surface area (Å²) in [5, 5.41) is 7.12. The highest BCUT2D eigenvalue weighted by atomic mass is 19.4. The Morgan fingerprint density at radius 1 is 1.56 bits per heavy atom. The van der Waals surface area contributed by atoms with Crippen LogP contribution in [0.5, 0.6) is 0 Å². The van der Waals surface area contributed by atoms with E-state index in [1.165, 1.54) is 6.20 Å². The van der Waals surface area contributed by atoms with Crippen LogP contribution < -0.4 is 11.5 Å². The van der Waals surface area contributed by atoms with E-state index in [4.69, 9.17) is 15.6 Å². The summed E-state index contributed by atoms with van der Waals surface area (Å²) in [5.74, 6) is -2.56. The van der Waals surface area contributed by atoms with Gasteiger partial charge in [0.15, 0.2) is 0 Å². The fourth-order valence-electron chi connectivity index (χ4n) is 0.583. The van der Waals surface area contributed by atoms with E-state index >= 15 is 0 Å². The maximum Gasteiger partial charge on any atom is 0.490 e. The highest BCUT2D eigenvalue weighted by Crippen LogP contribution is 2.13. The van der Waals surface area contributed by atoms with Crippen LogP contribution >= 0.6 is 0 Å². The Labute approximate surface area is 86.9 Å². The number of nitrogens with one attached hydrogen (secondary N) is 1. The van der Waals surface area contributed by atoms with Crippen molar-refractivity contribution in [1.29, 1.82) is 0 Å². The van der Waals surface area contributed by atoms with Crippen molar-refractivity contribution in [2.75, 3.05) is 6.54 Å². The van der Waals surface area contributed by atoms with Crippen molar-refractivity contribution >= 4 is 5.97 Å². The third-order valence-corrected chi connectivity index (χ3v) is 1.21. The van der Waals surface area contributed by atoms with Gasteiger partial charge in [-0.2, -0.15) is 13.2 Å². The Balaban J connectivity index is 0.000000293. The molecule has 0 atom stereocenters. The molecule has 1 aromatic rings. The highest BCUT2D eigenvalue weighted by Gasteiger charge is 2.38. The lowest BCUT2D eigenvalue weighted by molar-refractivity contribution is -0.192. The van der Waals surface area contributed by atoms with Gasteiger partial charge >= 0.3 is 17.9 Å². The van der Waals surface area contributed by atoms with E-state index in [9.17, 15) is 18.0 Å². The monoisotopic (exact) mass is 242 g/mol. The number of carboxylic acids is 1. The molecular weight excluding hydrogens is 233 g/mol. The molecule has 0 aliphatic heterocycles. The summed E-state index contributed by atoms with van der Waals surface area (Å²) in [4.78, 5) is 21.6. The number of hydrogen-bond donors (Lipinski definition) is 3. The first-order valence-corrected chi connectivity index (χ1v) is 3.95. The van der Waals surface area contributed by atoms with Gasteiger partial charge in [0.25, 0.3) is 0 Å². The molecule has 0 bridgehead atoms. The van der Waals surface area contributed by atoms with E-state index in [-0.39, 0.29) is 0 Å². The van der Waals surface area contributed by atoms with Crippen LogP contribution in [0, 0.1) is 0 Å². The topological polar surface area (TPSA) is 109 Å². The molecule has 1 heterocycles. The normalized spacial score (nSPS) is 10.5. The molecule has 1 rings (SSSR count). The number of carbonyl (C=O) groups is 1. The Bertz CT molecular complexity index is 381. The number of carboxylic acid groups (broad SMARTS) is 1. The molecule has 9 heteroatoms. The molecule has 0 aromatic carbocycles. The summed E-state index contributed by atoms with van der Waals surface area (Å²) in [6.45, 7) is 0.501. The summed E-state index contributed by atoms with van der Waals surface area (Å²) in [6, 6.07) is 0. The predicted molar refractivity (Wildman–Crippen MR) is 45.8 cm³/mol. The maximum atomic E-state index is 10.6. The number of nitrogens with two attached hydrogens (primary N) is 1. The second-order valence-corrected chi connectivity index (χ2v) is 2.49. The number of rotatable bonds is 2. The number of halogens is 3. The maximum absolute atomic E-state index is 10.6. The smallest absolute Gasteiger partial charge is 0.475 e. The lowest BCUT2D eigenvalue weighted by Crippen LogP contribution is -2.21. The van der Waals surface area contributed by atoms with Gasteiger partial charge in [0.2, 0.25) is 0 Å². The van der Waals surface area contributed by atoms with E-state index in [2.05, 4.69) is 9.40 Å². The second kappa shape index (κ2) is 5.95. The predicted octanol–water partition coefficient (Wildman–Crippen LogP) is 0.102. The minimum absolute atomic E-state index is 0.418. The SMILES string of the molecule is NCCc1c[nH]c(=O)o1.O=C(O)C(F)(F)F. The van der Waals surface area contributed by atoms with Crippen molar-refractivity contribution in [3.63, 3.8) is 0 Å². The van der Waals surface area contributed by atoms with E-state index in [1.807, 2.05) is 0 Å². The Morgan fingerprint density at radius 3 is 2.31 bits per heavy atom. The Hall–Kier alpha value is -1.77. The van der Waals surface area contributed by atoms with Crippen molar-refractivity contribution in [3.8, 4) is 0 Å². The average molecular weight is 242 g/mol. The average Bonchev–Trinajstić information content (AvgIpc) is 2.51. The van der Waals surface area contributed by atoms with Crippen molar-refractivity contribution < 1.29 is 27.5 Å². The zero-order chi connectivity index (χ0) is 12.8. The van der Waals surface area contributed by atoms with E-state index in [0.29, 0.717) is 18.7 Å². The number of aromatic amines is 1. The van der Waals surface area contributed by atoms with Crippen molar-refractivity contribution in [3.05, 3.63) is 22.5 Å². The summed E-state index contributed by atoms with van der Waals surface area (Å²) < 4.78 is 36.4.